The van der Waals surface area contributed by atoms with E-state index in [2.05, 4.69) is 4.98 Å². The Hall–Kier alpha value is -2.16. The molecule has 0 unspecified atom stereocenters. The van der Waals surface area contributed by atoms with Crippen LogP contribution in [0.3, 0.4) is 0 Å². The lowest BCUT2D eigenvalue weighted by molar-refractivity contribution is 0.0943. The molecule has 84 valence electrons. The Morgan fingerprint density at radius 3 is 2.94 bits per heavy atom. The molecule has 2 heterocycles. The van der Waals surface area contributed by atoms with E-state index >= 15 is 0 Å². The highest BCUT2D eigenvalue weighted by molar-refractivity contribution is 6.14. The zero-order chi connectivity index (χ0) is 11.7. The van der Waals surface area contributed by atoms with Crippen molar-refractivity contribution >= 4 is 16.7 Å². The van der Waals surface area contributed by atoms with Gasteiger partial charge in [0.25, 0.3) is 0 Å². The van der Waals surface area contributed by atoms with Gasteiger partial charge in [-0.1, -0.05) is 18.2 Å². The van der Waals surface area contributed by atoms with Crippen LogP contribution in [0.5, 0.6) is 0 Å². The fourth-order valence-corrected chi connectivity index (χ4v) is 2.00. The fourth-order valence-electron chi connectivity index (χ4n) is 2.00. The zero-order valence-corrected chi connectivity index (χ0v) is 9.22. The number of allylic oxidation sites excluding steroid dienone is 1. The molecule has 3 rings (SSSR count). The molecule has 0 atom stereocenters. The van der Waals surface area contributed by atoms with E-state index in [9.17, 15) is 4.79 Å². The second kappa shape index (κ2) is 4.01. The smallest absolute Gasteiger partial charge is 0.229 e. The molecule has 17 heavy (non-hydrogen) atoms. The maximum Gasteiger partial charge on any atom is 0.229 e. The van der Waals surface area contributed by atoms with Gasteiger partial charge in [-0.05, 0) is 18.2 Å². The lowest BCUT2D eigenvalue weighted by atomic mass is 10.0. The van der Waals surface area contributed by atoms with Crippen molar-refractivity contribution in [2.24, 2.45) is 0 Å². The molecule has 0 aliphatic carbocycles. The molecule has 1 aromatic heterocycles. The Morgan fingerprint density at radius 1 is 1.24 bits per heavy atom. The van der Waals surface area contributed by atoms with Crippen molar-refractivity contribution in [3.05, 3.63) is 53.9 Å². The predicted octanol–water partition coefficient (Wildman–Crippen LogP) is 2.72. The monoisotopic (exact) mass is 225 g/mol. The maximum atomic E-state index is 12.2. The molecule has 1 aliphatic rings. The zero-order valence-electron chi connectivity index (χ0n) is 9.22. The second-order valence-corrected chi connectivity index (χ2v) is 3.92. The summed E-state index contributed by atoms with van der Waals surface area (Å²) in [5.41, 5.74) is 1.34. The average Bonchev–Trinajstić information content (AvgIpc) is 2.91. The van der Waals surface area contributed by atoms with E-state index in [1.807, 2.05) is 30.3 Å². The molecule has 0 saturated carbocycles. The third-order valence-corrected chi connectivity index (χ3v) is 2.81. The molecule has 0 saturated heterocycles. The van der Waals surface area contributed by atoms with Gasteiger partial charge in [-0.2, -0.15) is 0 Å². The van der Waals surface area contributed by atoms with Crippen LogP contribution in [-0.2, 0) is 4.74 Å². The normalized spacial score (nSPS) is 14.5. The molecule has 1 aliphatic heterocycles. The first kappa shape index (κ1) is 10.0. The second-order valence-electron chi connectivity index (χ2n) is 3.92. The van der Waals surface area contributed by atoms with E-state index in [0.29, 0.717) is 17.9 Å². The number of fused-ring (bicyclic) bond motifs is 1. The Bertz CT molecular complexity index is 611. The topological polar surface area (TPSA) is 39.2 Å². The first-order valence-electron chi connectivity index (χ1n) is 5.58. The van der Waals surface area contributed by atoms with Crippen molar-refractivity contribution in [2.75, 3.05) is 6.61 Å². The summed E-state index contributed by atoms with van der Waals surface area (Å²) < 4.78 is 5.30. The lowest BCUT2D eigenvalue weighted by Gasteiger charge is -2.05. The minimum absolute atomic E-state index is 0.0770. The number of Topliss-reactive ketones (excluding diaryl/α,β-unsaturated/α-hetero) is 1. The molecule has 0 N–H and O–H groups in total. The third-order valence-electron chi connectivity index (χ3n) is 2.81. The van der Waals surface area contributed by atoms with Gasteiger partial charge in [-0.3, -0.25) is 9.78 Å². The highest BCUT2D eigenvalue weighted by Gasteiger charge is 2.19. The number of pyridine rings is 1. The number of hydrogen-bond acceptors (Lipinski definition) is 3. The summed E-state index contributed by atoms with van der Waals surface area (Å²) >= 11 is 0. The van der Waals surface area contributed by atoms with Crippen molar-refractivity contribution < 1.29 is 9.53 Å². The maximum absolute atomic E-state index is 12.2. The fraction of sp³-hybridized carbons (Fsp3) is 0.143. The van der Waals surface area contributed by atoms with Crippen LogP contribution in [0.1, 0.15) is 16.8 Å². The van der Waals surface area contributed by atoms with E-state index in [1.54, 1.807) is 12.3 Å². The number of ketones is 1. The highest BCUT2D eigenvalue weighted by atomic mass is 16.5. The number of nitrogens with zero attached hydrogens (tertiary/aromatic N) is 1. The number of benzene rings is 1. The minimum Gasteiger partial charge on any atom is -0.489 e. The average molecular weight is 225 g/mol. The van der Waals surface area contributed by atoms with Gasteiger partial charge in [0.15, 0.2) is 5.76 Å². The van der Waals surface area contributed by atoms with Crippen LogP contribution in [0.15, 0.2) is 48.4 Å². The van der Waals surface area contributed by atoms with E-state index in [4.69, 9.17) is 4.74 Å². The van der Waals surface area contributed by atoms with Crippen molar-refractivity contribution in [2.45, 2.75) is 6.42 Å². The van der Waals surface area contributed by atoms with Crippen molar-refractivity contribution in [1.82, 2.24) is 4.98 Å². The summed E-state index contributed by atoms with van der Waals surface area (Å²) in [5, 5.41) is 0.969. The number of rotatable bonds is 2. The molecule has 0 spiro atoms. The van der Waals surface area contributed by atoms with Crippen LogP contribution in [-0.4, -0.2) is 17.4 Å². The Balaban J connectivity index is 2.14. The van der Waals surface area contributed by atoms with Gasteiger partial charge >= 0.3 is 0 Å². The Labute approximate surface area is 98.7 Å². The Kier molecular flexibility index (Phi) is 2.37. The van der Waals surface area contributed by atoms with Crippen molar-refractivity contribution in [1.29, 1.82) is 0 Å². The first-order valence-corrected chi connectivity index (χ1v) is 5.58. The van der Waals surface area contributed by atoms with E-state index < -0.39 is 0 Å². The molecule has 3 nitrogen and oxygen atoms in total. The molecule has 0 amide bonds. The SMILES string of the molecule is O=C(C1=CCCO1)c1cccc2cccnc12. The molecular formula is C14H11NO2. The standard InChI is InChI=1S/C14H11NO2/c16-14(12-7-3-9-17-12)11-6-1-4-10-5-2-8-15-13(10)11/h1-2,4-8H,3,9H2. The molecule has 2 aromatic rings. The summed E-state index contributed by atoms with van der Waals surface area (Å²) in [6.07, 6.45) is 4.34. The largest absolute Gasteiger partial charge is 0.489 e. The van der Waals surface area contributed by atoms with Crippen LogP contribution >= 0.6 is 0 Å². The molecular weight excluding hydrogens is 214 g/mol. The number of ether oxygens (including phenoxy) is 1. The summed E-state index contributed by atoms with van der Waals surface area (Å²) in [7, 11) is 0. The number of aromatic nitrogens is 1. The minimum atomic E-state index is -0.0770. The van der Waals surface area contributed by atoms with E-state index in [-0.39, 0.29) is 5.78 Å². The third kappa shape index (κ3) is 1.69. The van der Waals surface area contributed by atoms with E-state index in [0.717, 1.165) is 17.3 Å². The van der Waals surface area contributed by atoms with Gasteiger partial charge in [0.05, 0.1) is 17.7 Å². The summed E-state index contributed by atoms with van der Waals surface area (Å²) in [4.78, 5) is 16.5. The highest BCUT2D eigenvalue weighted by Crippen LogP contribution is 2.21. The van der Waals surface area contributed by atoms with Gasteiger partial charge in [0.2, 0.25) is 5.78 Å². The predicted molar refractivity (Wildman–Crippen MR) is 64.7 cm³/mol. The Morgan fingerprint density at radius 2 is 2.12 bits per heavy atom. The van der Waals surface area contributed by atoms with Gasteiger partial charge in [-0.15, -0.1) is 0 Å². The van der Waals surface area contributed by atoms with Crippen LogP contribution < -0.4 is 0 Å². The van der Waals surface area contributed by atoms with Crippen LogP contribution in [0.25, 0.3) is 10.9 Å². The van der Waals surface area contributed by atoms with Gasteiger partial charge in [0.1, 0.15) is 0 Å². The van der Waals surface area contributed by atoms with Gasteiger partial charge in [0, 0.05) is 18.0 Å². The number of carbonyl (C=O) groups is 1. The summed E-state index contributed by atoms with van der Waals surface area (Å²) in [6.45, 7) is 0.596. The summed E-state index contributed by atoms with van der Waals surface area (Å²) in [5.74, 6) is 0.370. The lowest BCUT2D eigenvalue weighted by Crippen LogP contribution is -2.05. The van der Waals surface area contributed by atoms with Crippen LogP contribution in [0.2, 0.25) is 0 Å². The van der Waals surface area contributed by atoms with Crippen LogP contribution in [0.4, 0.5) is 0 Å². The molecule has 0 bridgehead atoms. The number of para-hydroxylation sites is 1. The molecule has 0 fully saturated rings. The molecule has 3 heteroatoms. The number of hydrogen-bond donors (Lipinski definition) is 0. The van der Waals surface area contributed by atoms with Gasteiger partial charge < -0.3 is 4.74 Å². The number of carbonyl (C=O) groups excluding carboxylic acids is 1. The van der Waals surface area contributed by atoms with Crippen LogP contribution in [0, 0.1) is 0 Å². The summed E-state index contributed by atoms with van der Waals surface area (Å²) in [6, 6.07) is 9.42. The van der Waals surface area contributed by atoms with Crippen molar-refractivity contribution in [3.8, 4) is 0 Å². The first-order chi connectivity index (χ1) is 8.36. The quantitative estimate of drug-likeness (QED) is 0.738. The molecule has 1 aromatic carbocycles. The molecule has 0 radical (unpaired) electrons. The van der Waals surface area contributed by atoms with E-state index in [1.165, 1.54) is 0 Å². The van der Waals surface area contributed by atoms with Gasteiger partial charge in [-0.25, -0.2) is 0 Å². The van der Waals surface area contributed by atoms with Crippen molar-refractivity contribution in [3.63, 3.8) is 0 Å².